The molecule has 38 heavy (non-hydrogen) atoms. The van der Waals surface area contributed by atoms with Gasteiger partial charge in [-0.2, -0.15) is 10.1 Å². The monoisotopic (exact) mass is 553 g/mol. The summed E-state index contributed by atoms with van der Waals surface area (Å²) in [5, 5.41) is 6.69. The van der Waals surface area contributed by atoms with Crippen molar-refractivity contribution in [2.24, 2.45) is 7.05 Å². The fourth-order valence-corrected chi connectivity index (χ4v) is 4.61. The first-order valence-corrected chi connectivity index (χ1v) is 12.0. The number of hydrogen-bond donors (Lipinski definition) is 1. The molecule has 3 aromatic heterocycles. The summed E-state index contributed by atoms with van der Waals surface area (Å²) in [4.78, 5) is 34.5. The maximum absolute atomic E-state index is 14.8. The summed E-state index contributed by atoms with van der Waals surface area (Å²) < 4.78 is 45.3. The molecule has 16 heteroatoms. The van der Waals surface area contributed by atoms with E-state index >= 15 is 0 Å². The number of aryl methyl sites for hydroxylation is 1. The molecule has 188 valence electrons. The van der Waals surface area contributed by atoms with E-state index in [0.717, 1.165) is 0 Å². The number of anilines is 2. The van der Waals surface area contributed by atoms with Crippen LogP contribution >= 0.6 is 22.9 Å². The number of halogens is 4. The fraction of sp³-hybridized carbons (Fsp3) is 0.136. The zero-order chi connectivity index (χ0) is 27.4. The van der Waals surface area contributed by atoms with Crippen molar-refractivity contribution in [1.29, 1.82) is 0 Å². The van der Waals surface area contributed by atoms with Crippen LogP contribution in [-0.4, -0.2) is 44.6 Å². The maximum atomic E-state index is 14.8. The minimum Gasteiger partial charge on any atom is -0.324 e. The number of aromatic nitrogens is 6. The molecule has 0 saturated carbocycles. The molecule has 0 aliphatic rings. The Balaban J connectivity index is 1.74. The Bertz CT molecular complexity index is 1820. The predicted octanol–water partition coefficient (Wildman–Crippen LogP) is 2.61. The van der Waals surface area contributed by atoms with Crippen molar-refractivity contribution in [2.75, 3.05) is 5.32 Å². The molecule has 5 aromatic rings. The van der Waals surface area contributed by atoms with Gasteiger partial charge in [0.25, 0.3) is 0 Å². The summed E-state index contributed by atoms with van der Waals surface area (Å²) in [6, 6.07) is 3.75. The second-order valence-electron chi connectivity index (χ2n) is 8.29. The summed E-state index contributed by atoms with van der Waals surface area (Å²) in [5.74, 6) is -4.82. The first-order valence-electron chi connectivity index (χ1n) is 10.7. The fourth-order valence-electron chi connectivity index (χ4n) is 3.86. The molecule has 4 radical (unpaired) electrons. The van der Waals surface area contributed by atoms with E-state index in [0.29, 0.717) is 31.8 Å². The summed E-state index contributed by atoms with van der Waals surface area (Å²) in [6.07, 6.45) is 1.69. The van der Waals surface area contributed by atoms with E-state index in [1.165, 1.54) is 22.9 Å². The lowest BCUT2D eigenvalue weighted by molar-refractivity contribution is 0.476. The van der Waals surface area contributed by atoms with Gasteiger partial charge in [0, 0.05) is 35.4 Å². The van der Waals surface area contributed by atoms with Crippen LogP contribution in [0.4, 0.5) is 24.8 Å². The Morgan fingerprint density at radius 3 is 2.55 bits per heavy atom. The van der Waals surface area contributed by atoms with E-state index in [1.807, 2.05) is 0 Å². The predicted molar refractivity (Wildman–Crippen MR) is 138 cm³/mol. The van der Waals surface area contributed by atoms with Gasteiger partial charge in [0.05, 0.1) is 49.7 Å². The van der Waals surface area contributed by atoms with Crippen LogP contribution in [0.15, 0.2) is 50.9 Å². The Kier molecular flexibility index (Phi) is 6.43. The summed E-state index contributed by atoms with van der Waals surface area (Å²) in [6.45, 7) is -0.312. The van der Waals surface area contributed by atoms with Crippen LogP contribution in [0.1, 0.15) is 11.3 Å². The number of nitrogens with one attached hydrogen (secondary N) is 1. The Morgan fingerprint density at radius 2 is 1.84 bits per heavy atom. The smallest absolute Gasteiger partial charge is 0.324 e. The van der Waals surface area contributed by atoms with Crippen LogP contribution in [0.2, 0.25) is 5.02 Å². The molecule has 0 atom stereocenters. The highest BCUT2D eigenvalue weighted by Gasteiger charge is 2.32. The summed E-state index contributed by atoms with van der Waals surface area (Å²) >= 11 is 7.61. The quantitative estimate of drug-likeness (QED) is 0.257. The molecule has 0 aliphatic carbocycles. The SMILES string of the molecule is [B]C([B])(c1cc(F)c(F)cc1F)n1c(Nc2cc3cn(C)nc3cc2Cl)nc(=O)n(Cc2cscn2)c1=O. The number of nitrogens with zero attached hydrogens (tertiary/aromatic N) is 6. The Labute approximate surface area is 223 Å². The van der Waals surface area contributed by atoms with E-state index < -0.39 is 45.7 Å². The van der Waals surface area contributed by atoms with Gasteiger partial charge in [0.2, 0.25) is 5.95 Å². The van der Waals surface area contributed by atoms with Gasteiger partial charge in [0.1, 0.15) is 5.82 Å². The Morgan fingerprint density at radius 1 is 1.11 bits per heavy atom. The lowest BCUT2D eigenvalue weighted by atomic mass is 9.57. The summed E-state index contributed by atoms with van der Waals surface area (Å²) in [7, 11) is 14.1. The molecule has 0 fully saturated rings. The molecular formula is C22H13B2ClF3N7O2S. The van der Waals surface area contributed by atoms with Crippen molar-refractivity contribution in [3.05, 3.63) is 96.1 Å². The molecule has 5 rings (SSSR count). The highest BCUT2D eigenvalue weighted by molar-refractivity contribution is 7.07. The first-order chi connectivity index (χ1) is 18.0. The maximum Gasteiger partial charge on any atom is 0.355 e. The first kappa shape index (κ1) is 25.8. The van der Waals surface area contributed by atoms with E-state index in [9.17, 15) is 22.8 Å². The van der Waals surface area contributed by atoms with Crippen molar-refractivity contribution in [3.63, 3.8) is 0 Å². The molecule has 9 nitrogen and oxygen atoms in total. The van der Waals surface area contributed by atoms with Crippen molar-refractivity contribution in [1.82, 2.24) is 28.9 Å². The molecule has 0 bridgehead atoms. The number of thiazole rings is 1. The highest BCUT2D eigenvalue weighted by atomic mass is 35.5. The highest BCUT2D eigenvalue weighted by Crippen LogP contribution is 2.31. The lowest BCUT2D eigenvalue weighted by Crippen LogP contribution is -2.52. The molecule has 0 saturated heterocycles. The second kappa shape index (κ2) is 9.48. The third kappa shape index (κ3) is 4.52. The van der Waals surface area contributed by atoms with E-state index in [2.05, 4.69) is 20.4 Å². The zero-order valence-corrected chi connectivity index (χ0v) is 20.9. The molecular weight excluding hydrogens is 540 g/mol. The summed E-state index contributed by atoms with van der Waals surface area (Å²) in [5.41, 5.74) is -0.349. The average Bonchev–Trinajstić information content (AvgIpc) is 3.47. The normalized spacial score (nSPS) is 11.8. The van der Waals surface area contributed by atoms with Crippen molar-refractivity contribution >= 4 is 61.2 Å². The van der Waals surface area contributed by atoms with Gasteiger partial charge in [-0.3, -0.25) is 9.25 Å². The van der Waals surface area contributed by atoms with Crippen LogP contribution in [0.3, 0.4) is 0 Å². The van der Waals surface area contributed by atoms with Crippen molar-refractivity contribution < 1.29 is 13.2 Å². The third-order valence-corrected chi connectivity index (χ3v) is 6.58. The van der Waals surface area contributed by atoms with Gasteiger partial charge in [-0.1, -0.05) is 11.6 Å². The molecule has 1 N–H and O–H groups in total. The zero-order valence-electron chi connectivity index (χ0n) is 19.3. The van der Waals surface area contributed by atoms with Crippen molar-refractivity contribution in [2.45, 2.75) is 11.9 Å². The molecule has 2 aromatic carbocycles. The molecule has 0 aliphatic heterocycles. The number of benzene rings is 2. The van der Waals surface area contributed by atoms with Crippen LogP contribution in [0.5, 0.6) is 0 Å². The minimum atomic E-state index is -2.66. The largest absolute Gasteiger partial charge is 0.355 e. The van der Waals surface area contributed by atoms with Gasteiger partial charge in [0.15, 0.2) is 11.6 Å². The second-order valence-corrected chi connectivity index (χ2v) is 9.42. The third-order valence-electron chi connectivity index (χ3n) is 5.64. The van der Waals surface area contributed by atoms with Crippen molar-refractivity contribution in [3.8, 4) is 0 Å². The van der Waals surface area contributed by atoms with Crippen LogP contribution in [0.25, 0.3) is 10.9 Å². The molecule has 0 amide bonds. The standard InChI is InChI=1S/C22H13B2ClF3N7O2S/c1-33-6-10-2-18(13(25)4-17(10)32-33)30-19-31-20(36)34(7-11-8-38-9-29-11)21(37)35(19)22(23,24)12-3-15(27)16(28)5-14(12)26/h2-6,8-9H,7H2,1H3,(H,30,31,36). The number of fused-ring (bicyclic) bond motifs is 1. The van der Waals surface area contributed by atoms with Gasteiger partial charge in [-0.15, -0.1) is 11.3 Å². The van der Waals surface area contributed by atoms with Gasteiger partial charge >= 0.3 is 11.4 Å². The minimum absolute atomic E-state index is 0.127. The van der Waals surface area contributed by atoms with Gasteiger partial charge in [-0.05, 0) is 23.8 Å². The lowest BCUT2D eigenvalue weighted by Gasteiger charge is -2.32. The topological polar surface area (TPSA) is 99.6 Å². The van der Waals surface area contributed by atoms with Gasteiger partial charge in [-0.25, -0.2) is 32.3 Å². The molecule has 0 unspecified atom stereocenters. The van der Waals surface area contributed by atoms with Gasteiger partial charge < -0.3 is 5.32 Å². The van der Waals surface area contributed by atoms with Crippen LogP contribution < -0.4 is 16.7 Å². The van der Waals surface area contributed by atoms with E-state index in [4.69, 9.17) is 27.3 Å². The van der Waals surface area contributed by atoms with Crippen LogP contribution in [-0.2, 0) is 18.9 Å². The Hall–Kier alpha value is -3.84. The molecule has 3 heterocycles. The number of hydrogen-bond acceptors (Lipinski definition) is 7. The average molecular weight is 554 g/mol. The van der Waals surface area contributed by atoms with Crippen LogP contribution in [0, 0.1) is 17.5 Å². The molecule has 0 spiro atoms. The van der Waals surface area contributed by atoms with E-state index in [-0.39, 0.29) is 23.3 Å². The number of rotatable bonds is 6. The van der Waals surface area contributed by atoms with E-state index in [1.54, 1.807) is 29.4 Å².